The van der Waals surface area contributed by atoms with Gasteiger partial charge < -0.3 is 10.2 Å². The molecule has 2 nitrogen and oxygen atoms in total. The Kier molecular flexibility index (Phi) is 8.34. The van der Waals surface area contributed by atoms with Crippen LogP contribution in [-0.2, 0) is 4.43 Å². The predicted molar refractivity (Wildman–Crippen MR) is 52.5 cm³/mol. The van der Waals surface area contributed by atoms with Gasteiger partial charge in [-0.15, -0.1) is 0 Å². The second kappa shape index (κ2) is 8.24. The van der Waals surface area contributed by atoms with E-state index in [2.05, 4.69) is 13.8 Å². The summed E-state index contributed by atoms with van der Waals surface area (Å²) in [5.41, 5.74) is 5.38. The van der Waals surface area contributed by atoms with Crippen LogP contribution >= 0.6 is 0 Å². The molecule has 0 spiro atoms. The molecule has 0 heterocycles. The van der Waals surface area contributed by atoms with Crippen molar-refractivity contribution in [2.45, 2.75) is 45.3 Å². The monoisotopic (exact) mass is 175 g/mol. The van der Waals surface area contributed by atoms with Gasteiger partial charge in [-0.3, -0.25) is 0 Å². The fraction of sp³-hybridized carbons (Fsp3) is 1.00. The molecule has 0 atom stereocenters. The van der Waals surface area contributed by atoms with Crippen LogP contribution < -0.4 is 5.73 Å². The van der Waals surface area contributed by atoms with Crippen molar-refractivity contribution >= 4 is 9.76 Å². The molecule has 0 aromatic rings. The maximum absolute atomic E-state index is 5.73. The number of hydrogen-bond donors (Lipinski definition) is 1. The average molecular weight is 175 g/mol. The molecule has 0 aromatic carbocycles. The Balaban J connectivity index is 3.07. The molecule has 0 radical (unpaired) electrons. The Morgan fingerprint density at radius 2 is 2.00 bits per heavy atom. The topological polar surface area (TPSA) is 35.2 Å². The van der Waals surface area contributed by atoms with Gasteiger partial charge in [0.25, 0.3) is 0 Å². The SMILES string of the molecule is CCC(CC)O[SiH2]CCCN. The molecule has 68 valence electrons. The number of nitrogens with two attached hydrogens (primary N) is 1. The van der Waals surface area contributed by atoms with Gasteiger partial charge in [0.15, 0.2) is 9.76 Å². The normalized spacial score (nSPS) is 12.0. The first-order chi connectivity index (χ1) is 5.35. The van der Waals surface area contributed by atoms with Crippen LogP contribution in [0.4, 0.5) is 0 Å². The summed E-state index contributed by atoms with van der Waals surface area (Å²) in [7, 11) is -0.249. The van der Waals surface area contributed by atoms with Crippen molar-refractivity contribution in [2.75, 3.05) is 6.54 Å². The molecule has 0 rings (SSSR count). The van der Waals surface area contributed by atoms with Gasteiger partial charge in [-0.2, -0.15) is 0 Å². The van der Waals surface area contributed by atoms with Gasteiger partial charge in [0.05, 0.1) is 0 Å². The lowest BCUT2D eigenvalue weighted by atomic mass is 10.2. The van der Waals surface area contributed by atoms with Gasteiger partial charge in [-0.25, -0.2) is 0 Å². The first kappa shape index (κ1) is 11.1. The summed E-state index contributed by atoms with van der Waals surface area (Å²) in [6, 6.07) is 1.24. The first-order valence-electron chi connectivity index (χ1n) is 4.66. The smallest absolute Gasteiger partial charge is 0.162 e. The van der Waals surface area contributed by atoms with E-state index in [4.69, 9.17) is 10.2 Å². The minimum atomic E-state index is -0.249. The zero-order valence-corrected chi connectivity index (χ0v) is 9.22. The minimum absolute atomic E-state index is 0.249. The van der Waals surface area contributed by atoms with Gasteiger partial charge in [-0.1, -0.05) is 13.8 Å². The Morgan fingerprint density at radius 3 is 2.45 bits per heavy atom. The third kappa shape index (κ3) is 6.53. The van der Waals surface area contributed by atoms with Crippen LogP contribution in [0.2, 0.25) is 6.04 Å². The molecule has 0 amide bonds. The molecule has 0 bridgehead atoms. The molecule has 2 N–H and O–H groups in total. The highest BCUT2D eigenvalue weighted by Crippen LogP contribution is 2.02. The summed E-state index contributed by atoms with van der Waals surface area (Å²) in [5.74, 6) is 0. The first-order valence-corrected chi connectivity index (χ1v) is 6.24. The highest BCUT2D eigenvalue weighted by atomic mass is 28.2. The van der Waals surface area contributed by atoms with E-state index in [1.165, 1.54) is 6.04 Å². The predicted octanol–water partition coefficient (Wildman–Crippen LogP) is 1.04. The van der Waals surface area contributed by atoms with Crippen LogP contribution in [-0.4, -0.2) is 22.4 Å². The van der Waals surface area contributed by atoms with Crippen molar-refractivity contribution in [3.05, 3.63) is 0 Å². The fourth-order valence-electron chi connectivity index (χ4n) is 1.02. The van der Waals surface area contributed by atoms with Crippen molar-refractivity contribution in [1.29, 1.82) is 0 Å². The van der Waals surface area contributed by atoms with Crippen molar-refractivity contribution in [2.24, 2.45) is 5.73 Å². The quantitative estimate of drug-likeness (QED) is 0.463. The van der Waals surface area contributed by atoms with Crippen LogP contribution in [0.5, 0.6) is 0 Å². The molecule has 0 aromatic heterocycles. The molecule has 0 aliphatic heterocycles. The third-order valence-electron chi connectivity index (χ3n) is 1.86. The van der Waals surface area contributed by atoms with Gasteiger partial charge in [0, 0.05) is 6.10 Å². The van der Waals surface area contributed by atoms with Gasteiger partial charge in [-0.05, 0) is 31.9 Å². The van der Waals surface area contributed by atoms with E-state index in [0.717, 1.165) is 25.8 Å². The number of hydrogen-bond acceptors (Lipinski definition) is 2. The third-order valence-corrected chi connectivity index (χ3v) is 3.36. The van der Waals surface area contributed by atoms with Gasteiger partial charge in [0.1, 0.15) is 0 Å². The molecule has 11 heavy (non-hydrogen) atoms. The summed E-state index contributed by atoms with van der Waals surface area (Å²) in [6.45, 7) is 5.19. The van der Waals surface area contributed by atoms with Gasteiger partial charge in [0.2, 0.25) is 0 Å². The Hall–Kier alpha value is 0.137. The lowest BCUT2D eigenvalue weighted by molar-refractivity contribution is 0.202. The second-order valence-electron chi connectivity index (χ2n) is 2.81. The summed E-state index contributed by atoms with van der Waals surface area (Å²) < 4.78 is 5.73. The maximum atomic E-state index is 5.73. The standard InChI is InChI=1S/C8H21NOSi/c1-3-8(4-2)10-11-7-5-6-9/h8H,3-7,9,11H2,1-2H3. The molecule has 0 saturated carbocycles. The summed E-state index contributed by atoms with van der Waals surface area (Å²) in [6.07, 6.45) is 3.99. The summed E-state index contributed by atoms with van der Waals surface area (Å²) in [4.78, 5) is 0. The second-order valence-corrected chi connectivity index (χ2v) is 4.25. The van der Waals surface area contributed by atoms with Gasteiger partial charge >= 0.3 is 0 Å². The van der Waals surface area contributed by atoms with E-state index in [1.54, 1.807) is 0 Å². The Labute approximate surface area is 72.4 Å². The lowest BCUT2D eigenvalue weighted by Gasteiger charge is -2.13. The average Bonchev–Trinajstić information content (AvgIpc) is 2.05. The van der Waals surface area contributed by atoms with Crippen molar-refractivity contribution < 1.29 is 4.43 Å². The molecule has 0 saturated heterocycles. The lowest BCUT2D eigenvalue weighted by Crippen LogP contribution is -2.14. The summed E-state index contributed by atoms with van der Waals surface area (Å²) in [5, 5.41) is 0. The van der Waals surface area contributed by atoms with Crippen LogP contribution in [0.3, 0.4) is 0 Å². The highest BCUT2D eigenvalue weighted by molar-refractivity contribution is 6.27. The van der Waals surface area contributed by atoms with E-state index in [9.17, 15) is 0 Å². The molecule has 3 heteroatoms. The van der Waals surface area contributed by atoms with E-state index in [1.807, 2.05) is 0 Å². The molecular weight excluding hydrogens is 154 g/mol. The van der Waals surface area contributed by atoms with E-state index in [-0.39, 0.29) is 9.76 Å². The van der Waals surface area contributed by atoms with Crippen molar-refractivity contribution in [3.8, 4) is 0 Å². The van der Waals surface area contributed by atoms with Crippen molar-refractivity contribution in [1.82, 2.24) is 0 Å². The number of rotatable bonds is 7. The highest BCUT2D eigenvalue weighted by Gasteiger charge is 2.01. The van der Waals surface area contributed by atoms with Crippen LogP contribution in [0.15, 0.2) is 0 Å². The molecule has 0 aliphatic rings. The fourth-order valence-corrected chi connectivity index (χ4v) is 2.48. The summed E-state index contributed by atoms with van der Waals surface area (Å²) >= 11 is 0. The van der Waals surface area contributed by atoms with E-state index in [0.29, 0.717) is 6.10 Å². The molecular formula is C8H21NOSi. The zero-order valence-electron chi connectivity index (χ0n) is 7.81. The largest absolute Gasteiger partial charge is 0.421 e. The van der Waals surface area contributed by atoms with Crippen LogP contribution in [0.25, 0.3) is 0 Å². The van der Waals surface area contributed by atoms with E-state index < -0.39 is 0 Å². The minimum Gasteiger partial charge on any atom is -0.421 e. The van der Waals surface area contributed by atoms with Crippen LogP contribution in [0, 0.1) is 0 Å². The molecule has 0 aliphatic carbocycles. The Morgan fingerprint density at radius 1 is 1.36 bits per heavy atom. The van der Waals surface area contributed by atoms with Crippen molar-refractivity contribution in [3.63, 3.8) is 0 Å². The molecule has 0 unspecified atom stereocenters. The van der Waals surface area contributed by atoms with Crippen LogP contribution in [0.1, 0.15) is 33.1 Å². The zero-order chi connectivity index (χ0) is 8.53. The van der Waals surface area contributed by atoms with E-state index >= 15 is 0 Å². The Bertz CT molecular complexity index is 76.5. The maximum Gasteiger partial charge on any atom is 0.162 e. The molecule has 0 fully saturated rings.